The highest BCUT2D eigenvalue weighted by Gasteiger charge is 2.38. The summed E-state index contributed by atoms with van der Waals surface area (Å²) in [4.78, 5) is 14.5. The molecule has 1 aliphatic heterocycles. The fourth-order valence-corrected chi connectivity index (χ4v) is 3.54. The predicted molar refractivity (Wildman–Crippen MR) is 101 cm³/mol. The Hall–Kier alpha value is -2.07. The van der Waals surface area contributed by atoms with Gasteiger partial charge in [-0.15, -0.1) is 0 Å². The molecule has 0 N–H and O–H groups in total. The van der Waals surface area contributed by atoms with Gasteiger partial charge in [0.15, 0.2) is 12.4 Å². The Morgan fingerprint density at radius 1 is 1.21 bits per heavy atom. The van der Waals surface area contributed by atoms with E-state index in [0.29, 0.717) is 5.75 Å². The van der Waals surface area contributed by atoms with Crippen LogP contribution in [0.15, 0.2) is 64.8 Å². The molecule has 124 valence electrons. The number of hydrogen-bond donors (Lipinski definition) is 0. The van der Waals surface area contributed by atoms with Gasteiger partial charge < -0.3 is 9.64 Å². The summed E-state index contributed by atoms with van der Waals surface area (Å²) >= 11 is 3.40. The highest BCUT2D eigenvalue weighted by molar-refractivity contribution is 9.10. The van der Waals surface area contributed by atoms with E-state index >= 15 is 0 Å². The van der Waals surface area contributed by atoms with E-state index in [0.717, 1.165) is 15.9 Å². The number of fused-ring (bicyclic) bond motifs is 1. The van der Waals surface area contributed by atoms with Gasteiger partial charge in [0.25, 0.3) is 0 Å². The van der Waals surface area contributed by atoms with Gasteiger partial charge in [-0.3, -0.25) is 4.79 Å². The summed E-state index contributed by atoms with van der Waals surface area (Å²) in [5.74, 6) is 0.635. The number of carbonyl (C=O) groups is 1. The van der Waals surface area contributed by atoms with Crippen molar-refractivity contribution in [1.29, 1.82) is 0 Å². The number of ketones is 1. The molecule has 0 amide bonds. The second-order valence-corrected chi connectivity index (χ2v) is 7.36. The Morgan fingerprint density at radius 3 is 2.67 bits per heavy atom. The van der Waals surface area contributed by atoms with Crippen LogP contribution in [0.4, 0.5) is 5.69 Å². The maximum Gasteiger partial charge on any atom is 0.194 e. The molecule has 2 aromatic rings. The number of para-hydroxylation sites is 1. The number of allylic oxidation sites excluding steroid dienone is 1. The van der Waals surface area contributed by atoms with Gasteiger partial charge in [0.1, 0.15) is 5.75 Å². The summed E-state index contributed by atoms with van der Waals surface area (Å²) in [6.07, 6.45) is 1.71. The molecule has 1 heterocycles. The zero-order valence-electron chi connectivity index (χ0n) is 14.0. The quantitative estimate of drug-likeness (QED) is 0.713. The predicted octanol–water partition coefficient (Wildman–Crippen LogP) is 4.71. The minimum Gasteiger partial charge on any atom is -0.485 e. The lowest BCUT2D eigenvalue weighted by molar-refractivity contribution is -0.116. The van der Waals surface area contributed by atoms with Crippen LogP contribution in [0.3, 0.4) is 0 Å². The number of halogens is 1. The maximum absolute atomic E-state index is 12.4. The van der Waals surface area contributed by atoms with Crippen LogP contribution in [0.5, 0.6) is 5.75 Å². The first-order valence-electron chi connectivity index (χ1n) is 7.86. The van der Waals surface area contributed by atoms with Crippen LogP contribution in [-0.2, 0) is 10.2 Å². The molecule has 0 fully saturated rings. The molecule has 0 bridgehead atoms. The van der Waals surface area contributed by atoms with Crippen LogP contribution in [0, 0.1) is 0 Å². The van der Waals surface area contributed by atoms with Crippen molar-refractivity contribution in [2.24, 2.45) is 0 Å². The van der Waals surface area contributed by atoms with Crippen molar-refractivity contribution in [3.05, 3.63) is 70.3 Å². The Bertz CT molecular complexity index is 811. The number of likely N-dealkylation sites (N-methyl/N-ethyl adjacent to an activating group) is 1. The lowest BCUT2D eigenvalue weighted by atomic mass is 9.83. The Labute approximate surface area is 151 Å². The molecule has 0 aliphatic carbocycles. The normalized spacial score (nSPS) is 17.0. The topological polar surface area (TPSA) is 29.5 Å². The molecule has 0 spiro atoms. The van der Waals surface area contributed by atoms with Crippen LogP contribution in [-0.4, -0.2) is 19.4 Å². The number of ether oxygens (including phenoxy) is 1. The second kappa shape index (κ2) is 6.44. The van der Waals surface area contributed by atoms with Gasteiger partial charge >= 0.3 is 0 Å². The lowest BCUT2D eigenvalue weighted by Gasteiger charge is -2.23. The average Bonchev–Trinajstić information content (AvgIpc) is 2.75. The minimum atomic E-state index is -0.198. The van der Waals surface area contributed by atoms with Gasteiger partial charge in [-0.1, -0.05) is 54.0 Å². The standard InChI is InChI=1S/C20H20BrNO2/c1-20(2)17-9-4-5-10-18(17)22(3)19(20)12-15(23)13-24-16-8-6-7-14(21)11-16/h4-12H,13H2,1-3H3/b19-12+. The fraction of sp³-hybridized carbons (Fsp3) is 0.250. The third-order valence-electron chi connectivity index (χ3n) is 4.42. The SMILES string of the molecule is CN1/C(=C/C(=O)COc2cccc(Br)c2)C(C)(C)c2ccccc21. The molecular formula is C20H20BrNO2. The molecule has 0 saturated carbocycles. The molecule has 3 nitrogen and oxygen atoms in total. The van der Waals surface area contributed by atoms with E-state index in [9.17, 15) is 4.79 Å². The van der Waals surface area contributed by atoms with E-state index in [1.807, 2.05) is 43.4 Å². The van der Waals surface area contributed by atoms with Crippen LogP contribution >= 0.6 is 15.9 Å². The fourth-order valence-electron chi connectivity index (χ4n) is 3.16. The Kier molecular flexibility index (Phi) is 4.50. The number of anilines is 1. The molecule has 1 aliphatic rings. The molecule has 0 radical (unpaired) electrons. The van der Waals surface area contributed by atoms with Gasteiger partial charge in [0.05, 0.1) is 0 Å². The van der Waals surface area contributed by atoms with Crippen LogP contribution in [0.25, 0.3) is 0 Å². The van der Waals surface area contributed by atoms with Crippen LogP contribution < -0.4 is 9.64 Å². The van der Waals surface area contributed by atoms with Gasteiger partial charge in [0, 0.05) is 34.4 Å². The van der Waals surface area contributed by atoms with Crippen LogP contribution in [0.2, 0.25) is 0 Å². The Morgan fingerprint density at radius 2 is 1.96 bits per heavy atom. The average molecular weight is 386 g/mol. The minimum absolute atomic E-state index is 0.0280. The van der Waals surface area contributed by atoms with Crippen LogP contribution in [0.1, 0.15) is 19.4 Å². The zero-order chi connectivity index (χ0) is 17.3. The third kappa shape index (κ3) is 3.11. The first kappa shape index (κ1) is 16.8. The lowest BCUT2D eigenvalue weighted by Crippen LogP contribution is -2.25. The van der Waals surface area contributed by atoms with Crippen molar-refractivity contribution < 1.29 is 9.53 Å². The largest absolute Gasteiger partial charge is 0.485 e. The smallest absolute Gasteiger partial charge is 0.194 e. The monoisotopic (exact) mass is 385 g/mol. The van der Waals surface area contributed by atoms with Crippen molar-refractivity contribution in [3.8, 4) is 5.75 Å². The van der Waals surface area contributed by atoms with E-state index in [1.54, 1.807) is 6.08 Å². The molecule has 3 rings (SSSR count). The zero-order valence-corrected chi connectivity index (χ0v) is 15.6. The van der Waals surface area contributed by atoms with Crippen molar-refractivity contribution >= 4 is 27.4 Å². The number of carbonyl (C=O) groups excluding carboxylic acids is 1. The van der Waals surface area contributed by atoms with Crippen molar-refractivity contribution in [2.45, 2.75) is 19.3 Å². The maximum atomic E-state index is 12.4. The van der Waals surface area contributed by atoms with E-state index in [2.05, 4.69) is 46.8 Å². The summed E-state index contributed by atoms with van der Waals surface area (Å²) < 4.78 is 6.53. The number of benzene rings is 2. The summed E-state index contributed by atoms with van der Waals surface area (Å²) in [5, 5.41) is 0. The van der Waals surface area contributed by atoms with Gasteiger partial charge in [0.2, 0.25) is 0 Å². The second-order valence-electron chi connectivity index (χ2n) is 6.44. The highest BCUT2D eigenvalue weighted by Crippen LogP contribution is 2.46. The van der Waals surface area contributed by atoms with Crippen molar-refractivity contribution in [3.63, 3.8) is 0 Å². The van der Waals surface area contributed by atoms with Crippen molar-refractivity contribution in [1.82, 2.24) is 0 Å². The third-order valence-corrected chi connectivity index (χ3v) is 4.91. The first-order chi connectivity index (χ1) is 11.4. The first-order valence-corrected chi connectivity index (χ1v) is 8.65. The molecule has 0 atom stereocenters. The molecular weight excluding hydrogens is 366 g/mol. The summed E-state index contributed by atoms with van der Waals surface area (Å²) in [6, 6.07) is 15.8. The molecule has 0 aromatic heterocycles. The summed E-state index contributed by atoms with van der Waals surface area (Å²) in [6.45, 7) is 4.31. The van der Waals surface area contributed by atoms with Gasteiger partial charge in [-0.2, -0.15) is 0 Å². The Balaban J connectivity index is 1.77. The van der Waals surface area contributed by atoms with E-state index in [4.69, 9.17) is 4.74 Å². The molecule has 0 saturated heterocycles. The number of rotatable bonds is 4. The van der Waals surface area contributed by atoms with E-state index < -0.39 is 0 Å². The van der Waals surface area contributed by atoms with Gasteiger partial charge in [-0.25, -0.2) is 0 Å². The molecule has 2 aromatic carbocycles. The van der Waals surface area contributed by atoms with E-state index in [-0.39, 0.29) is 17.8 Å². The van der Waals surface area contributed by atoms with Gasteiger partial charge in [-0.05, 0) is 29.8 Å². The van der Waals surface area contributed by atoms with Crippen molar-refractivity contribution in [2.75, 3.05) is 18.6 Å². The number of nitrogens with zero attached hydrogens (tertiary/aromatic N) is 1. The molecule has 0 unspecified atom stereocenters. The number of hydrogen-bond acceptors (Lipinski definition) is 3. The summed E-state index contributed by atoms with van der Waals surface area (Å²) in [5.41, 5.74) is 3.18. The summed E-state index contributed by atoms with van der Waals surface area (Å²) in [7, 11) is 2.00. The molecule has 24 heavy (non-hydrogen) atoms. The van der Waals surface area contributed by atoms with E-state index in [1.165, 1.54) is 5.56 Å². The highest BCUT2D eigenvalue weighted by atomic mass is 79.9. The molecule has 4 heteroatoms.